The van der Waals surface area contributed by atoms with E-state index in [-0.39, 0.29) is 0 Å². The molecular weight excluding hydrogens is 1020 g/mol. The number of benzene rings is 6. The van der Waals surface area contributed by atoms with Crippen molar-refractivity contribution in [2.24, 2.45) is 0 Å². The number of fused-ring (bicyclic) bond motifs is 4. The molecule has 4 aliphatic heterocycles. The molecule has 6 aromatic carbocycles. The predicted octanol–water partition coefficient (Wildman–Crippen LogP) is 17.8. The Kier molecular flexibility index (Phi) is 23.5. The Morgan fingerprint density at radius 2 is 1.35 bits per heavy atom. The van der Waals surface area contributed by atoms with E-state index in [9.17, 15) is 0 Å². The molecule has 0 saturated carbocycles. The van der Waals surface area contributed by atoms with E-state index in [0.717, 1.165) is 56.5 Å². The average Bonchev–Trinajstić information content (AvgIpc) is 3.00. The second-order valence-corrected chi connectivity index (χ2v) is 22.5. The summed E-state index contributed by atoms with van der Waals surface area (Å²) in [5.74, 6) is 1.87. The number of rotatable bonds is 3. The number of aryl methyl sites for hydroxylation is 6. The van der Waals surface area contributed by atoms with Crippen LogP contribution in [0, 0.1) is 34.6 Å². The first-order valence-corrected chi connectivity index (χ1v) is 29.0. The molecule has 5 heterocycles. The third-order valence-electron chi connectivity index (χ3n) is 14.6. The fraction of sp³-hybridized carbons (Fsp3) is 0.270. The second-order valence-electron chi connectivity index (χ2n) is 22.0. The Labute approximate surface area is 496 Å². The van der Waals surface area contributed by atoms with E-state index in [2.05, 4.69) is 231 Å². The molecule has 8 heteroatoms. The standard InChI is InChI=1S/C17H19NO.C15H17N.C12H12.C10H15N.C7H9N.C7H8S.C6H8NO/c1-11-9-14-10-13-5-3-7-18-8-4-6-15(16(13)18)17(14)19-12(11)2;1-4-7-12-10-11-15(16(2)3)14-9-6-5-8-13(12)14;1-9-3-5-12-8-10(2)4-6-11(12)7-9;1-8-5-6-10(11(3)4)7-9(8)2;1-6-4-3-5-7(2)8-6;2*1-6-2-4-7(8)5-3-6/h9-10H,2-8H2,1H3;4-11H,1-3H3;3-8H,1-2H3;5-7H,1-4H3;3-5,8H,1H2,2H3;2-4H,5H2,1H3;2-5,8H,1H3/q;;;;;;+1/b;7-4+;;;;;. The van der Waals surface area contributed by atoms with Crippen molar-refractivity contribution in [3.8, 4) is 5.75 Å². The number of nitrogens with zero attached hydrogens (tertiary/aromatic N) is 4. The summed E-state index contributed by atoms with van der Waals surface area (Å²) in [5.41, 5.74) is 20.6. The van der Waals surface area contributed by atoms with Gasteiger partial charge < -0.3 is 24.8 Å². The van der Waals surface area contributed by atoms with Crippen LogP contribution in [-0.2, 0) is 12.8 Å². The van der Waals surface area contributed by atoms with Crippen LogP contribution in [0.1, 0.15) is 97.0 Å². The number of anilines is 3. The molecule has 0 unspecified atom stereocenters. The Hall–Kier alpha value is -8.20. The number of ether oxygens (including phenoxy) is 1. The van der Waals surface area contributed by atoms with Crippen molar-refractivity contribution in [1.29, 1.82) is 0 Å². The minimum atomic E-state index is 0.802. The lowest BCUT2D eigenvalue weighted by atomic mass is 9.88. The van der Waals surface area contributed by atoms with Crippen molar-refractivity contribution in [2.45, 2.75) is 94.4 Å². The normalized spacial score (nSPS) is 14.2. The second kappa shape index (κ2) is 30.6. The Bertz CT molecular complexity index is 3500. The number of thiocarbonyl (C=S) groups is 1. The highest BCUT2D eigenvalue weighted by atomic mass is 32.1. The average molecular weight is 1110 g/mol. The van der Waals surface area contributed by atoms with Gasteiger partial charge in [0.2, 0.25) is 12.4 Å². The molecule has 7 aromatic rings. The van der Waals surface area contributed by atoms with E-state index in [1.807, 2.05) is 56.4 Å². The van der Waals surface area contributed by atoms with Crippen molar-refractivity contribution in [2.75, 3.05) is 56.0 Å². The van der Waals surface area contributed by atoms with E-state index in [1.54, 1.807) is 12.4 Å². The maximum atomic E-state index is 8.67. The van der Waals surface area contributed by atoms with E-state index < -0.39 is 0 Å². The van der Waals surface area contributed by atoms with Crippen LogP contribution < -0.4 is 29.5 Å². The molecule has 0 fully saturated rings. The molecule has 5 aliphatic rings. The first-order valence-electron chi connectivity index (χ1n) is 28.6. The molecule has 0 amide bonds. The molecule has 0 spiro atoms. The number of dihydropyridines is 1. The van der Waals surface area contributed by atoms with Gasteiger partial charge in [-0.25, -0.2) is 0 Å². The lowest BCUT2D eigenvalue weighted by molar-refractivity contribution is -0.904. The molecule has 7 nitrogen and oxygen atoms in total. The van der Waals surface area contributed by atoms with Crippen molar-refractivity contribution in [3.05, 3.63) is 256 Å². The highest BCUT2D eigenvalue weighted by Gasteiger charge is 2.29. The van der Waals surface area contributed by atoms with Gasteiger partial charge in [0.15, 0.2) is 0 Å². The van der Waals surface area contributed by atoms with Gasteiger partial charge in [0, 0.05) is 114 Å². The van der Waals surface area contributed by atoms with Crippen LogP contribution in [0.2, 0.25) is 0 Å². The summed E-state index contributed by atoms with van der Waals surface area (Å²) < 4.78 is 7.05. The van der Waals surface area contributed by atoms with Gasteiger partial charge in [-0.3, -0.25) is 5.21 Å². The monoisotopic (exact) mass is 1110 g/mol. The molecule has 1 aliphatic carbocycles. The quantitative estimate of drug-likeness (QED) is 0.104. The van der Waals surface area contributed by atoms with Crippen LogP contribution in [0.5, 0.6) is 5.75 Å². The molecule has 0 atom stereocenters. The summed E-state index contributed by atoms with van der Waals surface area (Å²) in [6.45, 7) is 28.9. The highest BCUT2D eigenvalue weighted by Crippen LogP contribution is 2.45. The van der Waals surface area contributed by atoms with Gasteiger partial charge in [-0.15, -0.1) is 0 Å². The Balaban J connectivity index is 0.000000158. The zero-order valence-electron chi connectivity index (χ0n) is 51.2. The van der Waals surface area contributed by atoms with Crippen LogP contribution in [-0.4, -0.2) is 51.4 Å². The van der Waals surface area contributed by atoms with E-state index in [4.69, 9.17) is 22.2 Å². The Morgan fingerprint density at radius 3 is 1.90 bits per heavy atom. The number of aromatic nitrogens is 1. The van der Waals surface area contributed by atoms with Gasteiger partial charge in [-0.2, -0.15) is 0 Å². The number of nitrogens with one attached hydrogen (secondary N) is 1. The van der Waals surface area contributed by atoms with Crippen molar-refractivity contribution in [1.82, 2.24) is 5.32 Å². The lowest BCUT2D eigenvalue weighted by Gasteiger charge is -2.38. The van der Waals surface area contributed by atoms with Gasteiger partial charge in [0.1, 0.15) is 11.5 Å². The summed E-state index contributed by atoms with van der Waals surface area (Å²) in [7, 11) is 8.28. The number of allylic oxidation sites excluding steroid dienone is 10. The number of pyridine rings is 1. The molecule has 0 radical (unpaired) electrons. The van der Waals surface area contributed by atoms with Gasteiger partial charge in [-0.1, -0.05) is 145 Å². The van der Waals surface area contributed by atoms with Gasteiger partial charge in [-0.05, 0) is 186 Å². The van der Waals surface area contributed by atoms with E-state index in [0.29, 0.717) is 0 Å². The summed E-state index contributed by atoms with van der Waals surface area (Å²) in [6, 6.07) is 38.5. The zero-order valence-corrected chi connectivity index (χ0v) is 52.0. The molecule has 82 heavy (non-hydrogen) atoms. The summed E-state index contributed by atoms with van der Waals surface area (Å²) >= 11 is 4.93. The number of hydrogen-bond donors (Lipinski definition) is 2. The van der Waals surface area contributed by atoms with Crippen LogP contribution in [0.15, 0.2) is 206 Å². The SMILES string of the molecule is C/C=C/c1ccc(N(C)C)c2ccccc12.C=C1C=CC=C(C)N1.C=C1Oc2c(cc3c4c2CCCN4CCC3)C=C1C.CC1=CCC(=S)C=C1.Cc1cc[n+](O)cc1.Cc1ccc(N(C)C)cc1C.Cc1ccc2cc(C)ccc2c1. The predicted molar refractivity (Wildman–Crippen MR) is 359 cm³/mol. The maximum absolute atomic E-state index is 8.67. The largest absolute Gasteiger partial charge is 0.457 e. The molecule has 1 aromatic heterocycles. The Morgan fingerprint density at radius 1 is 0.695 bits per heavy atom. The zero-order chi connectivity index (χ0) is 59.5. The smallest absolute Gasteiger partial charge is 0.222 e. The molecule has 12 rings (SSSR count). The van der Waals surface area contributed by atoms with Crippen molar-refractivity contribution in [3.63, 3.8) is 0 Å². The van der Waals surface area contributed by atoms with E-state index in [1.165, 1.54) is 121 Å². The van der Waals surface area contributed by atoms with Gasteiger partial charge >= 0.3 is 0 Å². The molecule has 0 bridgehead atoms. The lowest BCUT2D eigenvalue weighted by Crippen LogP contribution is -2.35. The minimum absolute atomic E-state index is 0.802. The number of hydrogen-bond acceptors (Lipinski definition) is 7. The highest BCUT2D eigenvalue weighted by molar-refractivity contribution is 7.80. The van der Waals surface area contributed by atoms with E-state index >= 15 is 0 Å². The summed E-state index contributed by atoms with van der Waals surface area (Å²) in [6.07, 6.45) is 27.6. The molecule has 2 N–H and O–H groups in total. The fourth-order valence-corrected chi connectivity index (χ4v) is 10.0. The van der Waals surface area contributed by atoms with Crippen molar-refractivity contribution < 1.29 is 14.7 Å². The van der Waals surface area contributed by atoms with Gasteiger partial charge in [0.05, 0.1) is 0 Å². The fourth-order valence-electron chi connectivity index (χ4n) is 9.87. The topological polar surface area (TPSA) is 55.1 Å². The third kappa shape index (κ3) is 18.4. The van der Waals surface area contributed by atoms with Crippen molar-refractivity contribution >= 4 is 67.8 Å². The molecular formula is C74H88N5O2S+. The summed E-state index contributed by atoms with van der Waals surface area (Å²) in [4.78, 5) is 7.86. The molecule has 426 valence electrons. The minimum Gasteiger partial charge on any atom is -0.457 e. The van der Waals surface area contributed by atoms with Gasteiger partial charge in [0.25, 0.3) is 0 Å². The maximum Gasteiger partial charge on any atom is 0.222 e. The van der Waals surface area contributed by atoms with Crippen LogP contribution in [0.3, 0.4) is 0 Å². The first kappa shape index (κ1) is 63.0. The van der Waals surface area contributed by atoms with Crippen LogP contribution in [0.4, 0.5) is 17.1 Å². The summed E-state index contributed by atoms with van der Waals surface area (Å²) in [5, 5.41) is 17.0. The van der Waals surface area contributed by atoms with Crippen LogP contribution >= 0.6 is 12.2 Å². The molecule has 0 saturated heterocycles. The van der Waals surface area contributed by atoms with Crippen LogP contribution in [0.25, 0.3) is 33.7 Å². The first-order chi connectivity index (χ1) is 39.2. The third-order valence-corrected chi connectivity index (χ3v) is 14.9.